The second kappa shape index (κ2) is 6.17. The van der Waals surface area contributed by atoms with E-state index in [0.717, 1.165) is 17.8 Å². The maximum Gasteiger partial charge on any atom is 0.142 e. The summed E-state index contributed by atoms with van der Waals surface area (Å²) in [5.74, 6) is 0.183. The van der Waals surface area contributed by atoms with Crippen molar-refractivity contribution in [2.75, 3.05) is 13.6 Å². The smallest absolute Gasteiger partial charge is 0.142 e. The second-order valence-corrected chi connectivity index (χ2v) is 4.66. The van der Waals surface area contributed by atoms with Crippen molar-refractivity contribution in [1.82, 2.24) is 15.1 Å². The van der Waals surface area contributed by atoms with E-state index in [1.54, 1.807) is 4.68 Å². The molecule has 1 heterocycles. The van der Waals surface area contributed by atoms with Gasteiger partial charge < -0.3 is 5.32 Å². The molecular formula is C12H20ClN3O. The normalized spacial score (nSPS) is 12.8. The minimum Gasteiger partial charge on any atom is -0.319 e. The van der Waals surface area contributed by atoms with Gasteiger partial charge >= 0.3 is 0 Å². The summed E-state index contributed by atoms with van der Waals surface area (Å²) in [6.45, 7) is 4.61. The summed E-state index contributed by atoms with van der Waals surface area (Å²) in [5, 5.41) is 7.95. The van der Waals surface area contributed by atoms with E-state index in [4.69, 9.17) is 11.6 Å². The Bertz CT molecular complexity index is 401. The van der Waals surface area contributed by atoms with E-state index < -0.39 is 0 Å². The summed E-state index contributed by atoms with van der Waals surface area (Å²) in [5.41, 5.74) is 1.68. The molecule has 0 aliphatic rings. The minimum atomic E-state index is -0.00366. The fourth-order valence-electron chi connectivity index (χ4n) is 1.77. The molecule has 0 spiro atoms. The number of carbonyl (C=O) groups excluding carboxylic acids is 1. The predicted octanol–water partition coefficient (Wildman–Crippen LogP) is 1.60. The van der Waals surface area contributed by atoms with Crippen LogP contribution >= 0.6 is 11.6 Å². The van der Waals surface area contributed by atoms with E-state index in [1.165, 1.54) is 0 Å². The van der Waals surface area contributed by atoms with E-state index in [9.17, 15) is 4.79 Å². The number of rotatable bonds is 6. The Morgan fingerprint density at radius 2 is 2.24 bits per heavy atom. The Morgan fingerprint density at radius 1 is 1.59 bits per heavy atom. The highest BCUT2D eigenvalue weighted by molar-refractivity contribution is 6.32. The Balaban J connectivity index is 2.81. The van der Waals surface area contributed by atoms with Gasteiger partial charge in [0.1, 0.15) is 5.78 Å². The molecule has 1 atom stereocenters. The molecule has 0 bridgehead atoms. The van der Waals surface area contributed by atoms with Crippen molar-refractivity contribution < 1.29 is 4.79 Å². The van der Waals surface area contributed by atoms with Crippen LogP contribution in [0.3, 0.4) is 0 Å². The fraction of sp³-hybridized carbons (Fsp3) is 0.667. The van der Waals surface area contributed by atoms with Crippen LogP contribution < -0.4 is 5.32 Å². The fourth-order valence-corrected chi connectivity index (χ4v) is 2.13. The molecule has 1 unspecified atom stereocenters. The van der Waals surface area contributed by atoms with Crippen LogP contribution in [0.2, 0.25) is 5.02 Å². The van der Waals surface area contributed by atoms with Crippen LogP contribution in [0.1, 0.15) is 25.2 Å². The number of nitrogens with zero attached hydrogens (tertiary/aromatic N) is 2. The molecule has 0 radical (unpaired) electrons. The van der Waals surface area contributed by atoms with Crippen LogP contribution in [0.5, 0.6) is 0 Å². The highest BCUT2D eigenvalue weighted by atomic mass is 35.5. The molecule has 17 heavy (non-hydrogen) atoms. The molecule has 5 heteroatoms. The molecule has 0 aliphatic carbocycles. The summed E-state index contributed by atoms with van der Waals surface area (Å²) in [6, 6.07) is 0. The Labute approximate surface area is 107 Å². The molecule has 1 aromatic rings. The summed E-state index contributed by atoms with van der Waals surface area (Å²) < 4.78 is 1.71. The molecule has 4 nitrogen and oxygen atoms in total. The largest absolute Gasteiger partial charge is 0.319 e. The lowest BCUT2D eigenvalue weighted by molar-refractivity contribution is -0.121. The summed E-state index contributed by atoms with van der Waals surface area (Å²) in [6.07, 6.45) is 1.14. The Kier molecular flexibility index (Phi) is 5.15. The van der Waals surface area contributed by atoms with E-state index >= 15 is 0 Å². The molecule has 1 N–H and O–H groups in total. The molecule has 1 aromatic heterocycles. The zero-order chi connectivity index (χ0) is 13.0. The van der Waals surface area contributed by atoms with Gasteiger partial charge in [-0.05, 0) is 13.5 Å². The van der Waals surface area contributed by atoms with E-state index in [0.29, 0.717) is 18.0 Å². The van der Waals surface area contributed by atoms with Crippen molar-refractivity contribution in [3.8, 4) is 0 Å². The predicted molar refractivity (Wildman–Crippen MR) is 69.4 cm³/mol. The molecule has 0 saturated carbocycles. The number of hydrogen-bond acceptors (Lipinski definition) is 3. The standard InChI is InChI=1S/C12H20ClN3O/c1-5-9-12(13)10(16(4)15-9)6-11(17)8(2)7-14-3/h8,14H,5-7H2,1-4H3. The first kappa shape index (κ1) is 14.2. The second-order valence-electron chi connectivity index (χ2n) is 4.29. The third-order valence-corrected chi connectivity index (χ3v) is 3.34. The van der Waals surface area contributed by atoms with E-state index in [-0.39, 0.29) is 11.7 Å². The van der Waals surface area contributed by atoms with Gasteiger partial charge in [0.2, 0.25) is 0 Å². The number of ketones is 1. The van der Waals surface area contributed by atoms with Gasteiger partial charge in [-0.2, -0.15) is 5.10 Å². The molecule has 0 aliphatic heterocycles. The quantitative estimate of drug-likeness (QED) is 0.842. The van der Waals surface area contributed by atoms with Crippen LogP contribution in [0.25, 0.3) is 0 Å². The monoisotopic (exact) mass is 257 g/mol. The number of hydrogen-bond donors (Lipinski definition) is 1. The maximum absolute atomic E-state index is 12.0. The van der Waals surface area contributed by atoms with E-state index in [1.807, 2.05) is 27.9 Å². The number of nitrogens with one attached hydrogen (secondary N) is 1. The number of carbonyl (C=O) groups is 1. The van der Waals surface area contributed by atoms with Crippen molar-refractivity contribution in [1.29, 1.82) is 0 Å². The van der Waals surface area contributed by atoms with Gasteiger partial charge in [0.25, 0.3) is 0 Å². The average molecular weight is 258 g/mol. The highest BCUT2D eigenvalue weighted by Gasteiger charge is 2.19. The number of aromatic nitrogens is 2. The van der Waals surface area contributed by atoms with E-state index in [2.05, 4.69) is 10.4 Å². The van der Waals surface area contributed by atoms with Gasteiger partial charge in [-0.15, -0.1) is 0 Å². The van der Waals surface area contributed by atoms with Crippen molar-refractivity contribution in [3.63, 3.8) is 0 Å². The lowest BCUT2D eigenvalue weighted by atomic mass is 10.0. The molecular weight excluding hydrogens is 238 g/mol. The SMILES string of the molecule is CCc1nn(C)c(CC(=O)C(C)CNC)c1Cl. The third-order valence-electron chi connectivity index (χ3n) is 2.90. The number of Topliss-reactive ketones (excluding diaryl/α,β-unsaturated/α-hetero) is 1. The molecule has 0 saturated heterocycles. The van der Waals surface area contributed by atoms with Crippen molar-refractivity contribution in [3.05, 3.63) is 16.4 Å². The minimum absolute atomic E-state index is 0.00366. The van der Waals surface area contributed by atoms with Gasteiger partial charge in [0.15, 0.2) is 0 Å². The van der Waals surface area contributed by atoms with Crippen molar-refractivity contribution in [2.45, 2.75) is 26.7 Å². The molecule has 0 amide bonds. The van der Waals surface area contributed by atoms with Gasteiger partial charge in [0.05, 0.1) is 22.8 Å². The first-order valence-electron chi connectivity index (χ1n) is 5.88. The zero-order valence-electron chi connectivity index (χ0n) is 10.9. The summed E-state index contributed by atoms with van der Waals surface area (Å²) in [7, 11) is 3.67. The molecule has 0 fully saturated rings. The average Bonchev–Trinajstić information content (AvgIpc) is 2.56. The number of aryl methyl sites for hydroxylation is 2. The number of halogens is 1. The van der Waals surface area contributed by atoms with Crippen LogP contribution in [0, 0.1) is 5.92 Å². The van der Waals surface area contributed by atoms with Crippen LogP contribution in [-0.4, -0.2) is 29.2 Å². The van der Waals surface area contributed by atoms with Crippen LogP contribution in [0.15, 0.2) is 0 Å². The molecule has 0 aromatic carbocycles. The molecule has 96 valence electrons. The Morgan fingerprint density at radius 3 is 2.71 bits per heavy atom. The van der Waals surface area contributed by atoms with Gasteiger partial charge in [0, 0.05) is 19.5 Å². The van der Waals surface area contributed by atoms with Crippen molar-refractivity contribution in [2.24, 2.45) is 13.0 Å². The first-order chi connectivity index (χ1) is 8.01. The zero-order valence-corrected chi connectivity index (χ0v) is 11.6. The lowest BCUT2D eigenvalue weighted by Crippen LogP contribution is -2.25. The van der Waals surface area contributed by atoms with Gasteiger partial charge in [-0.1, -0.05) is 25.4 Å². The van der Waals surface area contributed by atoms with Crippen LogP contribution in [0.4, 0.5) is 0 Å². The van der Waals surface area contributed by atoms with Gasteiger partial charge in [-0.3, -0.25) is 9.48 Å². The van der Waals surface area contributed by atoms with Crippen molar-refractivity contribution >= 4 is 17.4 Å². The topological polar surface area (TPSA) is 46.9 Å². The van der Waals surface area contributed by atoms with Crippen LogP contribution in [-0.2, 0) is 24.7 Å². The van der Waals surface area contributed by atoms with Gasteiger partial charge in [-0.25, -0.2) is 0 Å². The summed E-state index contributed by atoms with van der Waals surface area (Å²) in [4.78, 5) is 12.0. The highest BCUT2D eigenvalue weighted by Crippen LogP contribution is 2.22. The summed E-state index contributed by atoms with van der Waals surface area (Å²) >= 11 is 6.20. The maximum atomic E-state index is 12.0. The lowest BCUT2D eigenvalue weighted by Gasteiger charge is -2.09. The Hall–Kier alpha value is -0.870. The third kappa shape index (κ3) is 3.30. The first-order valence-corrected chi connectivity index (χ1v) is 6.26. The molecule has 1 rings (SSSR count).